The summed E-state index contributed by atoms with van der Waals surface area (Å²) in [7, 11) is 0. The Morgan fingerprint density at radius 1 is 0.795 bits per heavy atom. The highest BCUT2D eigenvalue weighted by atomic mass is 16.5. The van der Waals surface area contributed by atoms with Crippen LogP contribution in [-0.4, -0.2) is 50.3 Å². The number of nitriles is 2. The minimum Gasteiger partial charge on any atom is -0.377 e. The summed E-state index contributed by atoms with van der Waals surface area (Å²) in [6, 6.07) is 4.51. The second-order valence-corrected chi connectivity index (χ2v) is 11.3. The van der Waals surface area contributed by atoms with E-state index in [-0.39, 0.29) is 47.9 Å². The molecule has 0 aromatic heterocycles. The van der Waals surface area contributed by atoms with Crippen LogP contribution in [0.15, 0.2) is 0 Å². The molecule has 0 aromatic carbocycles. The van der Waals surface area contributed by atoms with Crippen LogP contribution >= 0.6 is 0 Å². The Hall–Kier alpha value is -2.39. The van der Waals surface area contributed by atoms with E-state index in [1.807, 2.05) is 0 Å². The zero-order valence-electron chi connectivity index (χ0n) is 23.9. The number of unbranched alkanes of at least 4 members (excludes halogenated alkanes) is 4. The van der Waals surface area contributed by atoms with Crippen LogP contribution in [0.1, 0.15) is 84.5 Å². The molecule has 0 bridgehead atoms. The summed E-state index contributed by atoms with van der Waals surface area (Å²) in [6.45, 7) is 7.05. The fourth-order valence-electron chi connectivity index (χ4n) is 5.70. The molecule has 1 aliphatic carbocycles. The van der Waals surface area contributed by atoms with Crippen LogP contribution in [0.5, 0.6) is 0 Å². The Morgan fingerprint density at radius 2 is 1.51 bits per heavy atom. The van der Waals surface area contributed by atoms with Gasteiger partial charge in [0.2, 0.25) is 0 Å². The summed E-state index contributed by atoms with van der Waals surface area (Å²) in [5.41, 5.74) is 0. The van der Waals surface area contributed by atoms with Gasteiger partial charge in [0.05, 0.1) is 30.2 Å². The Morgan fingerprint density at radius 3 is 2.18 bits per heavy atom. The van der Waals surface area contributed by atoms with Crippen molar-refractivity contribution in [3.05, 3.63) is 0 Å². The van der Waals surface area contributed by atoms with E-state index in [4.69, 9.17) is 10.00 Å². The van der Waals surface area contributed by atoms with Gasteiger partial charge in [-0.2, -0.15) is 10.5 Å². The van der Waals surface area contributed by atoms with Crippen molar-refractivity contribution in [2.75, 3.05) is 26.2 Å². The molecular weight excluding hydrogens is 486 g/mol. The molecule has 39 heavy (non-hydrogen) atoms. The van der Waals surface area contributed by atoms with Gasteiger partial charge in [0.25, 0.3) is 0 Å². The summed E-state index contributed by atoms with van der Waals surface area (Å²) in [6.07, 6.45) is 9.95. The van der Waals surface area contributed by atoms with Gasteiger partial charge in [0.1, 0.15) is 11.9 Å². The van der Waals surface area contributed by atoms with E-state index >= 15 is 0 Å². The van der Waals surface area contributed by atoms with E-state index in [9.17, 15) is 10.1 Å². The van der Waals surface area contributed by atoms with Crippen molar-refractivity contribution in [3.8, 4) is 35.8 Å². The van der Waals surface area contributed by atoms with Crippen molar-refractivity contribution in [3.63, 3.8) is 0 Å². The van der Waals surface area contributed by atoms with Gasteiger partial charge in [0, 0.05) is 56.3 Å². The van der Waals surface area contributed by atoms with Crippen molar-refractivity contribution >= 4 is 5.78 Å². The minimum absolute atomic E-state index is 0.0187. The summed E-state index contributed by atoms with van der Waals surface area (Å²) in [5.74, 6) is 14.2. The Labute approximate surface area is 236 Å². The number of rotatable bonds is 10. The van der Waals surface area contributed by atoms with Gasteiger partial charge in [-0.1, -0.05) is 63.2 Å². The highest BCUT2D eigenvalue weighted by Gasteiger charge is 2.39. The van der Waals surface area contributed by atoms with Gasteiger partial charge in [-0.15, -0.1) is 0 Å². The number of hydrogen-bond donors (Lipinski definition) is 3. The molecule has 6 unspecified atom stereocenters. The second kappa shape index (κ2) is 17.3. The van der Waals surface area contributed by atoms with Crippen molar-refractivity contribution in [2.45, 2.75) is 103 Å². The Kier molecular flexibility index (Phi) is 13.8. The monoisotopic (exact) mass is 533 g/mol. The fourth-order valence-corrected chi connectivity index (χ4v) is 5.70. The summed E-state index contributed by atoms with van der Waals surface area (Å²) in [5, 5.41) is 28.2. The first kappa shape index (κ1) is 31.1. The van der Waals surface area contributed by atoms with E-state index < -0.39 is 0 Å². The SMILES string of the molecule is CCCCCOC1CC(C#CC2CCC(C#N)NC2)C(C(=O)CCCCC)CC1C#CC1NCC(C#N)CN1. The topological polar surface area (TPSA) is 110 Å². The van der Waals surface area contributed by atoms with Gasteiger partial charge in [0.15, 0.2) is 0 Å². The lowest BCUT2D eigenvalue weighted by molar-refractivity contribution is -0.127. The fraction of sp³-hybridized carbons (Fsp3) is 0.781. The quantitative estimate of drug-likeness (QED) is 0.288. The van der Waals surface area contributed by atoms with Gasteiger partial charge >= 0.3 is 0 Å². The zero-order valence-corrected chi connectivity index (χ0v) is 23.9. The smallest absolute Gasteiger partial charge is 0.137 e. The number of carbonyl (C=O) groups excluding carboxylic acids is 1. The number of Topliss-reactive ketones (excluding diaryl/α,β-unsaturated/α-hetero) is 1. The van der Waals surface area contributed by atoms with E-state index in [1.165, 1.54) is 0 Å². The molecule has 3 aliphatic rings. The van der Waals surface area contributed by atoms with Crippen LogP contribution in [0.3, 0.4) is 0 Å². The molecule has 2 saturated heterocycles. The lowest BCUT2D eigenvalue weighted by Crippen LogP contribution is -2.51. The van der Waals surface area contributed by atoms with Gasteiger partial charge < -0.3 is 10.1 Å². The number of ether oxygens (including phenoxy) is 1. The first-order valence-corrected chi connectivity index (χ1v) is 15.2. The predicted octanol–water partition coefficient (Wildman–Crippen LogP) is 3.91. The van der Waals surface area contributed by atoms with Crippen molar-refractivity contribution in [1.82, 2.24) is 16.0 Å². The Balaban J connectivity index is 1.76. The van der Waals surface area contributed by atoms with Crippen LogP contribution in [0, 0.1) is 75.9 Å². The van der Waals surface area contributed by atoms with Crippen LogP contribution in [0.4, 0.5) is 0 Å². The van der Waals surface area contributed by atoms with Gasteiger partial charge in [-0.25, -0.2) is 0 Å². The molecule has 0 amide bonds. The van der Waals surface area contributed by atoms with Crippen molar-refractivity contribution < 1.29 is 9.53 Å². The molecule has 1 saturated carbocycles. The lowest BCUT2D eigenvalue weighted by atomic mass is 9.70. The minimum atomic E-state index is -0.150. The molecule has 3 fully saturated rings. The average Bonchev–Trinajstić information content (AvgIpc) is 2.98. The predicted molar refractivity (Wildman–Crippen MR) is 153 cm³/mol. The number of ketones is 1. The number of nitrogens with zero attached hydrogens (tertiary/aromatic N) is 2. The van der Waals surface area contributed by atoms with E-state index in [2.05, 4.69) is 65.6 Å². The van der Waals surface area contributed by atoms with Crippen LogP contribution < -0.4 is 16.0 Å². The Bertz CT molecular complexity index is 961. The third-order valence-electron chi connectivity index (χ3n) is 8.22. The van der Waals surface area contributed by atoms with Crippen molar-refractivity contribution in [1.29, 1.82) is 10.5 Å². The number of nitrogens with one attached hydrogen (secondary N) is 3. The maximum Gasteiger partial charge on any atom is 0.137 e. The zero-order chi connectivity index (χ0) is 27.9. The molecule has 2 heterocycles. The molecule has 3 N–H and O–H groups in total. The molecule has 7 nitrogen and oxygen atoms in total. The average molecular weight is 534 g/mol. The van der Waals surface area contributed by atoms with Crippen LogP contribution in [-0.2, 0) is 9.53 Å². The van der Waals surface area contributed by atoms with Crippen LogP contribution in [0.2, 0.25) is 0 Å². The van der Waals surface area contributed by atoms with E-state index in [0.717, 1.165) is 64.3 Å². The molecule has 212 valence electrons. The number of hydrogen-bond acceptors (Lipinski definition) is 7. The third kappa shape index (κ3) is 10.3. The standard InChI is InChI=1S/C32H47N5O2/c1-3-5-7-9-30(38)29-17-27(13-15-32-36-22-25(19-33)23-37-32)31(39-16-8-6-4-2)18-26(29)12-10-24-11-14-28(20-34)35-21-24/h24-29,31-32,35-37H,3-9,11,14,16-18,21-23H2,1-2H3. The summed E-state index contributed by atoms with van der Waals surface area (Å²) >= 11 is 0. The van der Waals surface area contributed by atoms with E-state index in [1.54, 1.807) is 0 Å². The lowest BCUT2D eigenvalue weighted by Gasteiger charge is -2.37. The van der Waals surface area contributed by atoms with E-state index in [0.29, 0.717) is 38.3 Å². The maximum atomic E-state index is 13.5. The number of carbonyl (C=O) groups is 1. The molecule has 3 rings (SSSR count). The van der Waals surface area contributed by atoms with Crippen LogP contribution in [0.25, 0.3) is 0 Å². The normalized spacial score (nSPS) is 32.4. The summed E-state index contributed by atoms with van der Waals surface area (Å²) in [4.78, 5) is 13.5. The first-order chi connectivity index (χ1) is 19.1. The van der Waals surface area contributed by atoms with Gasteiger partial charge in [-0.3, -0.25) is 15.4 Å². The number of piperidine rings is 1. The molecule has 0 aromatic rings. The maximum absolute atomic E-state index is 13.5. The second-order valence-electron chi connectivity index (χ2n) is 11.3. The molecule has 2 aliphatic heterocycles. The molecular formula is C32H47N5O2. The largest absolute Gasteiger partial charge is 0.377 e. The highest BCUT2D eigenvalue weighted by Crippen LogP contribution is 2.37. The third-order valence-corrected chi connectivity index (χ3v) is 8.22. The molecule has 7 heteroatoms. The van der Waals surface area contributed by atoms with Crippen molar-refractivity contribution in [2.24, 2.45) is 29.6 Å². The summed E-state index contributed by atoms with van der Waals surface area (Å²) < 4.78 is 6.44. The van der Waals surface area contributed by atoms with Gasteiger partial charge in [-0.05, 0) is 38.5 Å². The first-order valence-electron chi connectivity index (χ1n) is 15.2. The highest BCUT2D eigenvalue weighted by molar-refractivity contribution is 5.82. The molecule has 6 atom stereocenters. The molecule has 0 radical (unpaired) electrons. The molecule has 0 spiro atoms.